The van der Waals surface area contributed by atoms with E-state index in [9.17, 15) is 4.79 Å². The summed E-state index contributed by atoms with van der Waals surface area (Å²) in [5.41, 5.74) is 3.04. The third-order valence-electron chi connectivity index (χ3n) is 3.60. The van der Waals surface area contributed by atoms with Crippen LogP contribution in [0.2, 0.25) is 0 Å². The van der Waals surface area contributed by atoms with Crippen LogP contribution >= 0.6 is 23.1 Å². The standard InChI is InChI=1S/C15H14N6OS2/c1-8-6-23-14(16-8)18-11(22)7-24-15-19-13-12(20-21-15)9-4-2-3-5-10(9)17-13/h2-6,12-13,17H,7H2,1H3,(H,16,18,22)/t12-,13+/m0/s1. The Balaban J connectivity index is 1.36. The largest absolute Gasteiger partial charge is 0.361 e. The Bertz CT molecular complexity index is 846. The van der Waals surface area contributed by atoms with Crippen LogP contribution in [0.4, 0.5) is 10.8 Å². The van der Waals surface area contributed by atoms with Gasteiger partial charge in [0, 0.05) is 16.6 Å². The van der Waals surface area contributed by atoms with Crippen LogP contribution in [0.15, 0.2) is 44.9 Å². The third-order valence-corrected chi connectivity index (χ3v) is 5.32. The first-order chi connectivity index (χ1) is 11.7. The zero-order valence-corrected chi connectivity index (χ0v) is 14.4. The first kappa shape index (κ1) is 15.3. The van der Waals surface area contributed by atoms with Crippen molar-refractivity contribution in [1.82, 2.24) is 4.98 Å². The van der Waals surface area contributed by atoms with Crippen molar-refractivity contribution in [2.24, 2.45) is 15.2 Å². The van der Waals surface area contributed by atoms with Crippen molar-refractivity contribution in [3.63, 3.8) is 0 Å². The molecule has 4 rings (SSSR count). The quantitative estimate of drug-likeness (QED) is 0.879. The molecule has 2 aromatic rings. The normalized spacial score (nSPS) is 20.8. The van der Waals surface area contributed by atoms with Gasteiger partial charge in [-0.1, -0.05) is 30.0 Å². The minimum Gasteiger partial charge on any atom is -0.361 e. The number of thioether (sulfide) groups is 1. The van der Waals surface area contributed by atoms with E-state index in [-0.39, 0.29) is 23.9 Å². The Morgan fingerprint density at radius 1 is 1.42 bits per heavy atom. The average molecular weight is 358 g/mol. The summed E-state index contributed by atoms with van der Waals surface area (Å²) in [7, 11) is 0. The van der Waals surface area contributed by atoms with Gasteiger partial charge in [-0.25, -0.2) is 9.98 Å². The van der Waals surface area contributed by atoms with Crippen LogP contribution in [-0.4, -0.2) is 28.0 Å². The number of rotatable bonds is 3. The van der Waals surface area contributed by atoms with Gasteiger partial charge < -0.3 is 10.6 Å². The van der Waals surface area contributed by atoms with Gasteiger partial charge in [-0.15, -0.1) is 16.5 Å². The summed E-state index contributed by atoms with van der Waals surface area (Å²) >= 11 is 2.68. The summed E-state index contributed by atoms with van der Waals surface area (Å²) in [6.07, 6.45) is -0.146. The molecule has 2 atom stereocenters. The first-order valence-electron chi connectivity index (χ1n) is 7.38. The van der Waals surface area contributed by atoms with Crippen LogP contribution in [0, 0.1) is 6.92 Å². The molecule has 9 heteroatoms. The highest BCUT2D eigenvalue weighted by Gasteiger charge is 2.34. The minimum atomic E-state index is -0.146. The molecule has 3 heterocycles. The van der Waals surface area contributed by atoms with Crippen molar-refractivity contribution < 1.29 is 4.79 Å². The Morgan fingerprint density at radius 3 is 3.12 bits per heavy atom. The van der Waals surface area contributed by atoms with Gasteiger partial charge in [0.25, 0.3) is 0 Å². The predicted octanol–water partition coefficient (Wildman–Crippen LogP) is 3.44. The van der Waals surface area contributed by atoms with Gasteiger partial charge in [-0.2, -0.15) is 5.11 Å². The lowest BCUT2D eigenvalue weighted by atomic mass is 10.1. The van der Waals surface area contributed by atoms with Gasteiger partial charge in [0.05, 0.1) is 11.4 Å². The number of aliphatic imine (C=N–C) groups is 1. The fourth-order valence-electron chi connectivity index (χ4n) is 2.54. The smallest absolute Gasteiger partial charge is 0.236 e. The summed E-state index contributed by atoms with van der Waals surface area (Å²) in [6, 6.07) is 7.91. The van der Waals surface area contributed by atoms with E-state index in [2.05, 4.69) is 30.8 Å². The van der Waals surface area contributed by atoms with Crippen molar-refractivity contribution in [1.29, 1.82) is 0 Å². The van der Waals surface area contributed by atoms with E-state index in [1.165, 1.54) is 23.1 Å². The SMILES string of the molecule is Cc1csc(NC(=O)CSC2=N[C@H]3Nc4ccccc4[C@@H]3N=N2)n1. The van der Waals surface area contributed by atoms with Crippen LogP contribution < -0.4 is 10.6 Å². The predicted molar refractivity (Wildman–Crippen MR) is 96.8 cm³/mol. The number of carbonyl (C=O) groups excluding carboxylic acids is 1. The maximum Gasteiger partial charge on any atom is 0.236 e. The molecule has 1 aromatic heterocycles. The lowest BCUT2D eigenvalue weighted by Crippen LogP contribution is -2.22. The van der Waals surface area contributed by atoms with Gasteiger partial charge in [-0.05, 0) is 13.0 Å². The molecule has 2 N–H and O–H groups in total. The monoisotopic (exact) mass is 358 g/mol. The number of anilines is 2. The molecule has 0 saturated heterocycles. The Morgan fingerprint density at radius 2 is 2.29 bits per heavy atom. The van der Waals surface area contributed by atoms with Crippen LogP contribution in [0.3, 0.4) is 0 Å². The van der Waals surface area contributed by atoms with Gasteiger partial charge in [0.2, 0.25) is 11.1 Å². The number of nitrogens with one attached hydrogen (secondary N) is 2. The van der Waals surface area contributed by atoms with E-state index in [0.717, 1.165) is 16.9 Å². The molecule has 1 aromatic carbocycles. The van der Waals surface area contributed by atoms with Crippen LogP contribution in [0.5, 0.6) is 0 Å². The van der Waals surface area contributed by atoms with E-state index >= 15 is 0 Å². The molecular formula is C15H14N6OS2. The minimum absolute atomic E-state index is 0.0855. The molecule has 0 spiro atoms. The molecule has 0 saturated carbocycles. The molecule has 0 unspecified atom stereocenters. The summed E-state index contributed by atoms with van der Waals surface area (Å²) < 4.78 is 0. The number of azo groups is 1. The molecule has 2 aliphatic rings. The molecule has 122 valence electrons. The lowest BCUT2D eigenvalue weighted by Gasteiger charge is -2.16. The van der Waals surface area contributed by atoms with Crippen LogP contribution in [0.25, 0.3) is 0 Å². The highest BCUT2D eigenvalue weighted by Crippen LogP contribution is 2.39. The highest BCUT2D eigenvalue weighted by atomic mass is 32.2. The summed E-state index contributed by atoms with van der Waals surface area (Å²) in [5, 5.41) is 17.6. The molecule has 0 aliphatic carbocycles. The number of benzene rings is 1. The summed E-state index contributed by atoms with van der Waals surface area (Å²) in [5.74, 6) is 0.0953. The molecule has 1 amide bonds. The molecule has 0 fully saturated rings. The van der Waals surface area contributed by atoms with Gasteiger partial charge >= 0.3 is 0 Å². The summed E-state index contributed by atoms with van der Waals surface area (Å²) in [6.45, 7) is 1.89. The maximum absolute atomic E-state index is 12.0. The number of hydrogen-bond acceptors (Lipinski definition) is 8. The fourth-order valence-corrected chi connectivity index (χ4v) is 3.87. The number of thiazole rings is 1. The van der Waals surface area contributed by atoms with E-state index in [0.29, 0.717) is 10.3 Å². The van der Waals surface area contributed by atoms with Crippen LogP contribution in [0.1, 0.15) is 17.3 Å². The number of nitrogens with zero attached hydrogens (tertiary/aromatic N) is 4. The number of aryl methyl sites for hydroxylation is 1. The molecule has 0 bridgehead atoms. The van der Waals surface area contributed by atoms with Gasteiger partial charge in [0.1, 0.15) is 6.04 Å². The van der Waals surface area contributed by atoms with Gasteiger partial charge in [0.15, 0.2) is 11.3 Å². The van der Waals surface area contributed by atoms with Crippen molar-refractivity contribution in [2.45, 2.75) is 19.1 Å². The first-order valence-corrected chi connectivity index (χ1v) is 9.24. The molecular weight excluding hydrogens is 344 g/mol. The number of hydrogen-bond donors (Lipinski definition) is 2. The number of carbonyl (C=O) groups is 1. The number of fused-ring (bicyclic) bond motifs is 3. The second-order valence-electron chi connectivity index (χ2n) is 5.38. The van der Waals surface area contributed by atoms with E-state index in [4.69, 9.17) is 0 Å². The zero-order valence-electron chi connectivity index (χ0n) is 12.8. The number of amidine groups is 1. The van der Waals surface area contributed by atoms with Crippen molar-refractivity contribution in [3.05, 3.63) is 40.9 Å². The number of para-hydroxylation sites is 1. The van der Waals surface area contributed by atoms with E-state index in [1.807, 2.05) is 36.6 Å². The number of amides is 1. The molecule has 24 heavy (non-hydrogen) atoms. The zero-order chi connectivity index (χ0) is 16.5. The lowest BCUT2D eigenvalue weighted by molar-refractivity contribution is -0.113. The molecule has 2 aliphatic heterocycles. The number of aromatic nitrogens is 1. The van der Waals surface area contributed by atoms with E-state index < -0.39 is 0 Å². The second-order valence-corrected chi connectivity index (χ2v) is 7.18. The molecule has 7 nitrogen and oxygen atoms in total. The Labute approximate surface area is 146 Å². The molecule has 0 radical (unpaired) electrons. The van der Waals surface area contributed by atoms with Crippen molar-refractivity contribution in [3.8, 4) is 0 Å². The van der Waals surface area contributed by atoms with Gasteiger partial charge in [-0.3, -0.25) is 4.79 Å². The van der Waals surface area contributed by atoms with E-state index in [1.54, 1.807) is 0 Å². The highest BCUT2D eigenvalue weighted by molar-refractivity contribution is 8.14. The van der Waals surface area contributed by atoms with Crippen molar-refractivity contribution >= 4 is 45.0 Å². The summed E-state index contributed by atoms with van der Waals surface area (Å²) in [4.78, 5) is 20.7. The van der Waals surface area contributed by atoms with Crippen molar-refractivity contribution in [2.75, 3.05) is 16.4 Å². The topological polar surface area (TPSA) is 91.1 Å². The van der Waals surface area contributed by atoms with Crippen LogP contribution in [-0.2, 0) is 4.79 Å². The average Bonchev–Trinajstić information content (AvgIpc) is 3.15. The third kappa shape index (κ3) is 3.04. The second kappa shape index (κ2) is 6.33. The maximum atomic E-state index is 12.0. The fraction of sp³-hybridized carbons (Fsp3) is 0.267. The Kier molecular flexibility index (Phi) is 4.03. The Hall–Kier alpha value is -2.26.